The Morgan fingerprint density at radius 1 is 0.595 bits per heavy atom. The second-order valence-electron chi connectivity index (χ2n) is 13.7. The van der Waals surface area contributed by atoms with Crippen LogP contribution in [0.3, 0.4) is 0 Å². The monoisotopic (exact) mass is 506 g/mol. The number of rotatable bonds is 2. The van der Waals surface area contributed by atoms with Gasteiger partial charge < -0.3 is 14.2 Å². The van der Waals surface area contributed by atoms with Crippen LogP contribution >= 0.6 is 0 Å². The molecule has 1 aliphatic carbocycles. The Hall–Kier alpha value is -2.00. The molecule has 37 heavy (non-hydrogen) atoms. The molecule has 0 amide bonds. The third-order valence-corrected chi connectivity index (χ3v) is 8.92. The molecule has 2 aromatic carbocycles. The summed E-state index contributed by atoms with van der Waals surface area (Å²) in [4.78, 5) is 0. The zero-order valence-corrected chi connectivity index (χ0v) is 25.2. The number of hydrogen-bond acceptors (Lipinski definition) is 3. The van der Waals surface area contributed by atoms with Crippen molar-refractivity contribution in [1.82, 2.24) is 0 Å². The van der Waals surface area contributed by atoms with E-state index in [0.29, 0.717) is 0 Å². The lowest BCUT2D eigenvalue weighted by Gasteiger charge is -2.28. The van der Waals surface area contributed by atoms with Gasteiger partial charge in [-0.05, 0) is 84.7 Å². The van der Waals surface area contributed by atoms with Crippen LogP contribution in [-0.2, 0) is 39.6 Å². The minimum Gasteiger partial charge on any atom is -0.496 e. The average Bonchev–Trinajstić information content (AvgIpc) is 3.40. The topological polar surface area (TPSA) is 31.0 Å². The van der Waals surface area contributed by atoms with E-state index in [0.717, 1.165) is 35.5 Å². The van der Waals surface area contributed by atoms with Gasteiger partial charge in [0.1, 0.15) is 22.7 Å². The zero-order chi connectivity index (χ0) is 27.2. The number of methoxy groups -OCH3 is 2. The molecule has 4 bridgehead atoms. The normalized spacial score (nSPS) is 24.8. The molecule has 2 atom stereocenters. The van der Waals surface area contributed by atoms with Crippen LogP contribution in [0.25, 0.3) is 0 Å². The largest absolute Gasteiger partial charge is 0.496 e. The van der Waals surface area contributed by atoms with Gasteiger partial charge in [0, 0.05) is 11.1 Å². The Bertz CT molecular complexity index is 1040. The van der Waals surface area contributed by atoms with E-state index in [4.69, 9.17) is 14.2 Å². The van der Waals surface area contributed by atoms with Gasteiger partial charge in [-0.15, -0.1) is 0 Å². The van der Waals surface area contributed by atoms with Gasteiger partial charge in [-0.1, -0.05) is 79.4 Å². The van der Waals surface area contributed by atoms with E-state index in [9.17, 15) is 0 Å². The van der Waals surface area contributed by atoms with Crippen molar-refractivity contribution in [2.45, 2.75) is 129 Å². The van der Waals surface area contributed by atoms with Crippen LogP contribution in [0.4, 0.5) is 0 Å². The lowest BCUT2D eigenvalue weighted by Crippen LogP contribution is -2.22. The molecular weight excluding hydrogens is 456 g/mol. The zero-order valence-electron chi connectivity index (χ0n) is 25.2. The lowest BCUT2D eigenvalue weighted by atomic mass is 9.76. The van der Waals surface area contributed by atoms with E-state index >= 15 is 0 Å². The Morgan fingerprint density at radius 2 is 0.946 bits per heavy atom. The highest BCUT2D eigenvalue weighted by molar-refractivity contribution is 5.58. The molecule has 0 saturated carbocycles. The lowest BCUT2D eigenvalue weighted by molar-refractivity contribution is 0.271. The molecule has 0 spiro atoms. The molecule has 2 aromatic rings. The highest BCUT2D eigenvalue weighted by atomic mass is 16.6. The van der Waals surface area contributed by atoms with E-state index in [1.165, 1.54) is 60.8 Å². The van der Waals surface area contributed by atoms with Crippen molar-refractivity contribution in [3.8, 4) is 11.5 Å². The van der Waals surface area contributed by atoms with Crippen molar-refractivity contribution in [3.63, 3.8) is 0 Å². The maximum atomic E-state index is 6.86. The molecule has 3 heteroatoms. The molecule has 204 valence electrons. The highest BCUT2D eigenvalue weighted by Gasteiger charge is 2.68. The van der Waals surface area contributed by atoms with Crippen molar-refractivity contribution in [3.05, 3.63) is 57.6 Å². The standard InChI is InChI=1S/C34H50O3/c1-31(2,3)25-19-23-17-15-13-11-12-14-16-18-24-20-26(32(4,5)6)22-28(30(24)36-10)34(8)33(7,37-34)27(21-25)29(23)35-9/h19-22H,11-18H2,1-10H3/t33-,34+. The van der Waals surface area contributed by atoms with Crippen LogP contribution < -0.4 is 9.47 Å². The van der Waals surface area contributed by atoms with Gasteiger partial charge in [0.2, 0.25) is 0 Å². The maximum Gasteiger partial charge on any atom is 0.128 e. The first-order chi connectivity index (χ1) is 17.3. The van der Waals surface area contributed by atoms with Gasteiger partial charge >= 0.3 is 0 Å². The first-order valence-corrected chi connectivity index (χ1v) is 14.4. The average molecular weight is 507 g/mol. The van der Waals surface area contributed by atoms with Crippen molar-refractivity contribution >= 4 is 0 Å². The minimum absolute atomic E-state index is 0.0370. The summed E-state index contributed by atoms with van der Waals surface area (Å²) < 4.78 is 19.2. The van der Waals surface area contributed by atoms with Crippen molar-refractivity contribution in [2.75, 3.05) is 14.2 Å². The molecule has 0 aromatic heterocycles. The van der Waals surface area contributed by atoms with Crippen molar-refractivity contribution < 1.29 is 14.2 Å². The van der Waals surface area contributed by atoms with E-state index < -0.39 is 11.2 Å². The van der Waals surface area contributed by atoms with Crippen LogP contribution in [0.2, 0.25) is 0 Å². The van der Waals surface area contributed by atoms with Crippen molar-refractivity contribution in [1.29, 1.82) is 0 Å². The fraction of sp³-hybridized carbons (Fsp3) is 0.647. The number of fused-ring (bicyclic) bond motifs is 7. The predicted octanol–water partition coefficient (Wildman–Crippen LogP) is 8.90. The summed E-state index contributed by atoms with van der Waals surface area (Å²) in [5.74, 6) is 2.00. The predicted molar refractivity (Wildman–Crippen MR) is 154 cm³/mol. The fourth-order valence-corrected chi connectivity index (χ4v) is 6.15. The van der Waals surface area contributed by atoms with Gasteiger partial charge in [-0.25, -0.2) is 0 Å². The molecule has 0 N–H and O–H groups in total. The quantitative estimate of drug-likeness (QED) is 0.381. The third kappa shape index (κ3) is 5.18. The van der Waals surface area contributed by atoms with Crippen molar-refractivity contribution in [2.24, 2.45) is 0 Å². The summed E-state index contributed by atoms with van der Waals surface area (Å²) in [5.41, 5.74) is 6.70. The first kappa shape index (κ1) is 28.0. The van der Waals surface area contributed by atoms with E-state index in [2.05, 4.69) is 79.7 Å². The summed E-state index contributed by atoms with van der Waals surface area (Å²) in [6.07, 6.45) is 9.57. The van der Waals surface area contributed by atoms with Gasteiger partial charge in [-0.3, -0.25) is 0 Å². The van der Waals surface area contributed by atoms with Gasteiger partial charge in [0.05, 0.1) is 14.2 Å². The Balaban J connectivity index is 1.97. The molecular formula is C34H50O3. The van der Waals surface area contributed by atoms with Gasteiger partial charge in [0.15, 0.2) is 0 Å². The van der Waals surface area contributed by atoms with Gasteiger partial charge in [-0.2, -0.15) is 0 Å². The number of epoxide rings is 1. The first-order valence-electron chi connectivity index (χ1n) is 14.4. The highest BCUT2D eigenvalue weighted by Crippen LogP contribution is 2.66. The molecule has 4 rings (SSSR count). The molecule has 1 saturated heterocycles. The van der Waals surface area contributed by atoms with Crippen LogP contribution in [-0.4, -0.2) is 14.2 Å². The molecule has 1 heterocycles. The van der Waals surface area contributed by atoms with E-state index in [1.54, 1.807) is 0 Å². The Morgan fingerprint density at radius 3 is 1.27 bits per heavy atom. The number of aryl methyl sites for hydroxylation is 2. The van der Waals surface area contributed by atoms with Crippen LogP contribution in [0.5, 0.6) is 11.5 Å². The Kier molecular flexibility index (Phi) is 7.54. The molecule has 1 aliphatic heterocycles. The smallest absolute Gasteiger partial charge is 0.128 e. The minimum atomic E-state index is -0.507. The second kappa shape index (κ2) is 9.95. The summed E-state index contributed by atoms with van der Waals surface area (Å²) in [6, 6.07) is 9.45. The molecule has 2 aliphatic rings. The van der Waals surface area contributed by atoms with Crippen LogP contribution in [0.15, 0.2) is 24.3 Å². The molecule has 0 radical (unpaired) electrons. The summed E-state index contributed by atoms with van der Waals surface area (Å²) in [5, 5.41) is 0. The third-order valence-electron chi connectivity index (χ3n) is 8.92. The van der Waals surface area contributed by atoms with E-state index in [1.807, 2.05) is 14.2 Å². The Labute approximate surface area is 226 Å². The van der Waals surface area contributed by atoms with Crippen LogP contribution in [0.1, 0.15) is 127 Å². The molecule has 3 nitrogen and oxygen atoms in total. The molecule has 1 fully saturated rings. The summed E-state index contributed by atoms with van der Waals surface area (Å²) in [7, 11) is 3.64. The summed E-state index contributed by atoms with van der Waals surface area (Å²) >= 11 is 0. The number of hydrogen-bond donors (Lipinski definition) is 0. The maximum absolute atomic E-state index is 6.86. The van der Waals surface area contributed by atoms with Gasteiger partial charge in [0.25, 0.3) is 0 Å². The summed E-state index contributed by atoms with van der Waals surface area (Å²) in [6.45, 7) is 18.3. The fourth-order valence-electron chi connectivity index (χ4n) is 6.15. The number of ether oxygens (including phenoxy) is 3. The van der Waals surface area contributed by atoms with Crippen LogP contribution in [0, 0.1) is 0 Å². The number of benzene rings is 2. The molecule has 0 unspecified atom stereocenters. The second-order valence-corrected chi connectivity index (χ2v) is 13.7. The van der Waals surface area contributed by atoms with E-state index in [-0.39, 0.29) is 10.8 Å². The SMILES string of the molecule is COc1c2cc(C(C)(C)C)cc1[C@]1(C)O[C@]1(C)c1cc(C(C)(C)C)cc(c1OC)CCCCCCCC2.